The summed E-state index contributed by atoms with van der Waals surface area (Å²) in [5.41, 5.74) is 0. The Labute approximate surface area is 83.2 Å². The van der Waals surface area contributed by atoms with Crippen molar-refractivity contribution in [2.45, 2.75) is 39.7 Å². The van der Waals surface area contributed by atoms with Gasteiger partial charge in [-0.05, 0) is 12.8 Å². The van der Waals surface area contributed by atoms with E-state index in [1.165, 1.54) is 0 Å². The Morgan fingerprint density at radius 1 is 1.50 bits per heavy atom. The number of rotatable bonds is 5. The van der Waals surface area contributed by atoms with E-state index >= 15 is 0 Å². The zero-order valence-corrected chi connectivity index (χ0v) is 9.65. The molecule has 72 valence electrons. The first-order valence-electron chi connectivity index (χ1n) is 4.45. The lowest BCUT2D eigenvalue weighted by Crippen LogP contribution is -2.34. The van der Waals surface area contributed by atoms with Crippen LogP contribution in [0.25, 0.3) is 0 Å². The van der Waals surface area contributed by atoms with Gasteiger partial charge in [0.2, 0.25) is 5.91 Å². The van der Waals surface area contributed by atoms with E-state index in [4.69, 9.17) is 0 Å². The number of halogens is 1. The van der Waals surface area contributed by atoms with Gasteiger partial charge >= 0.3 is 0 Å². The van der Waals surface area contributed by atoms with Gasteiger partial charge < -0.3 is 5.32 Å². The van der Waals surface area contributed by atoms with Crippen LogP contribution < -0.4 is 5.32 Å². The summed E-state index contributed by atoms with van der Waals surface area (Å²) in [6.07, 6.45) is 1.71. The summed E-state index contributed by atoms with van der Waals surface area (Å²) in [4.78, 5) is 11.2. The quantitative estimate of drug-likeness (QED) is 0.729. The van der Waals surface area contributed by atoms with Crippen molar-refractivity contribution in [1.29, 1.82) is 0 Å². The molecule has 0 saturated carbocycles. The van der Waals surface area contributed by atoms with Gasteiger partial charge in [0, 0.05) is 17.8 Å². The van der Waals surface area contributed by atoms with E-state index < -0.39 is 0 Å². The van der Waals surface area contributed by atoms with E-state index in [0.717, 1.165) is 11.8 Å². The van der Waals surface area contributed by atoms with Gasteiger partial charge in [-0.3, -0.25) is 4.79 Å². The smallest absolute Gasteiger partial charge is 0.220 e. The molecule has 0 radical (unpaired) electrons. The van der Waals surface area contributed by atoms with Gasteiger partial charge in [-0.1, -0.05) is 36.2 Å². The van der Waals surface area contributed by atoms with E-state index in [-0.39, 0.29) is 11.9 Å². The zero-order valence-electron chi connectivity index (χ0n) is 8.06. The topological polar surface area (TPSA) is 29.1 Å². The molecule has 0 aliphatic rings. The number of hydrogen-bond acceptors (Lipinski definition) is 1. The third-order valence-electron chi connectivity index (χ3n) is 1.87. The Hall–Kier alpha value is -0.0500. The number of amides is 1. The Morgan fingerprint density at radius 3 is 2.50 bits per heavy atom. The fourth-order valence-electron chi connectivity index (χ4n) is 0.833. The molecule has 12 heavy (non-hydrogen) atoms. The number of alkyl halides is 1. The van der Waals surface area contributed by atoms with Gasteiger partial charge in [0.05, 0.1) is 0 Å². The van der Waals surface area contributed by atoms with Crippen LogP contribution in [0.1, 0.15) is 33.6 Å². The van der Waals surface area contributed by atoms with Crippen LogP contribution in [0, 0.1) is 5.92 Å². The van der Waals surface area contributed by atoms with Crippen LogP contribution in [0.15, 0.2) is 0 Å². The molecule has 2 unspecified atom stereocenters. The maximum atomic E-state index is 11.2. The number of hydrogen-bond donors (Lipinski definition) is 1. The molecule has 3 heteroatoms. The molecule has 1 amide bonds. The Bertz CT molecular complexity index is 124. The summed E-state index contributed by atoms with van der Waals surface area (Å²) >= 11 is 3.31. The maximum Gasteiger partial charge on any atom is 0.220 e. The molecule has 0 rings (SSSR count). The fourth-order valence-corrected chi connectivity index (χ4v) is 0.995. The molecule has 0 fully saturated rings. The van der Waals surface area contributed by atoms with Crippen LogP contribution in [-0.2, 0) is 4.79 Å². The molecule has 0 aromatic heterocycles. The number of carbonyl (C=O) groups excluding carboxylic acids is 1. The predicted molar refractivity (Wildman–Crippen MR) is 55.5 cm³/mol. The summed E-state index contributed by atoms with van der Waals surface area (Å²) in [5.74, 6) is 0.656. The van der Waals surface area contributed by atoms with Gasteiger partial charge in [-0.15, -0.1) is 0 Å². The maximum absolute atomic E-state index is 11.2. The van der Waals surface area contributed by atoms with Crippen LogP contribution in [0.4, 0.5) is 0 Å². The molecule has 0 bridgehead atoms. The first-order valence-corrected chi connectivity index (χ1v) is 5.57. The van der Waals surface area contributed by atoms with Crippen molar-refractivity contribution in [3.8, 4) is 0 Å². The number of carbonyl (C=O) groups is 1. The molecule has 0 saturated heterocycles. The second kappa shape index (κ2) is 6.46. The molecule has 2 nitrogen and oxygen atoms in total. The van der Waals surface area contributed by atoms with E-state index in [2.05, 4.69) is 35.1 Å². The standard InChI is InChI=1S/C9H18BrNO/c1-4-7(2)5-9(12)11-8(3)6-10/h7-8H,4-6H2,1-3H3,(H,11,12). The number of nitrogens with one attached hydrogen (secondary N) is 1. The Kier molecular flexibility index (Phi) is 6.44. The first-order chi connectivity index (χ1) is 5.60. The summed E-state index contributed by atoms with van der Waals surface area (Å²) in [6.45, 7) is 6.19. The average molecular weight is 236 g/mol. The predicted octanol–water partition coefficient (Wildman–Crippen LogP) is 2.32. The SMILES string of the molecule is CCC(C)CC(=O)NC(C)CBr. The van der Waals surface area contributed by atoms with Crippen molar-refractivity contribution in [3.05, 3.63) is 0 Å². The van der Waals surface area contributed by atoms with E-state index in [0.29, 0.717) is 12.3 Å². The second-order valence-electron chi connectivity index (χ2n) is 3.34. The minimum absolute atomic E-state index is 0.163. The molecular formula is C9H18BrNO. The average Bonchev–Trinajstić information content (AvgIpc) is 2.03. The molecule has 0 aliphatic heterocycles. The van der Waals surface area contributed by atoms with Gasteiger partial charge in [-0.25, -0.2) is 0 Å². The normalized spacial score (nSPS) is 15.3. The van der Waals surface area contributed by atoms with Crippen molar-refractivity contribution in [2.75, 3.05) is 5.33 Å². The lowest BCUT2D eigenvalue weighted by Gasteiger charge is -2.12. The Balaban J connectivity index is 3.59. The summed E-state index contributed by atoms with van der Waals surface area (Å²) < 4.78 is 0. The lowest BCUT2D eigenvalue weighted by atomic mass is 10.1. The third kappa shape index (κ3) is 5.58. The lowest BCUT2D eigenvalue weighted by molar-refractivity contribution is -0.122. The van der Waals surface area contributed by atoms with Crippen molar-refractivity contribution >= 4 is 21.8 Å². The van der Waals surface area contributed by atoms with Crippen molar-refractivity contribution < 1.29 is 4.79 Å². The van der Waals surface area contributed by atoms with Crippen LogP contribution in [0.2, 0.25) is 0 Å². The first kappa shape index (κ1) is 11.9. The highest BCUT2D eigenvalue weighted by atomic mass is 79.9. The highest BCUT2D eigenvalue weighted by Crippen LogP contribution is 2.05. The molecule has 0 aromatic carbocycles. The van der Waals surface area contributed by atoms with E-state index in [1.807, 2.05) is 6.92 Å². The zero-order chi connectivity index (χ0) is 9.56. The van der Waals surface area contributed by atoms with Crippen LogP contribution in [0.3, 0.4) is 0 Å². The molecule has 0 aromatic rings. The highest BCUT2D eigenvalue weighted by molar-refractivity contribution is 9.09. The van der Waals surface area contributed by atoms with Gasteiger partial charge in [0.1, 0.15) is 0 Å². The van der Waals surface area contributed by atoms with Gasteiger partial charge in [-0.2, -0.15) is 0 Å². The highest BCUT2D eigenvalue weighted by Gasteiger charge is 2.08. The third-order valence-corrected chi connectivity index (χ3v) is 2.84. The molecule has 0 spiro atoms. The minimum Gasteiger partial charge on any atom is -0.353 e. The summed E-state index contributed by atoms with van der Waals surface area (Å²) in [5, 5.41) is 3.73. The van der Waals surface area contributed by atoms with Crippen LogP contribution >= 0.6 is 15.9 Å². The van der Waals surface area contributed by atoms with Crippen LogP contribution in [0.5, 0.6) is 0 Å². The summed E-state index contributed by atoms with van der Waals surface area (Å²) in [6, 6.07) is 0.238. The molecule has 2 atom stereocenters. The summed E-state index contributed by atoms with van der Waals surface area (Å²) in [7, 11) is 0. The van der Waals surface area contributed by atoms with Crippen molar-refractivity contribution in [1.82, 2.24) is 5.32 Å². The van der Waals surface area contributed by atoms with Crippen molar-refractivity contribution in [3.63, 3.8) is 0 Å². The fraction of sp³-hybridized carbons (Fsp3) is 0.889. The molecule has 1 N–H and O–H groups in total. The molecule has 0 aliphatic carbocycles. The van der Waals surface area contributed by atoms with Gasteiger partial charge in [0.15, 0.2) is 0 Å². The van der Waals surface area contributed by atoms with Crippen molar-refractivity contribution in [2.24, 2.45) is 5.92 Å². The second-order valence-corrected chi connectivity index (χ2v) is 3.99. The van der Waals surface area contributed by atoms with Crippen LogP contribution in [-0.4, -0.2) is 17.3 Å². The largest absolute Gasteiger partial charge is 0.353 e. The van der Waals surface area contributed by atoms with E-state index in [1.54, 1.807) is 0 Å². The molecular weight excluding hydrogens is 218 g/mol. The molecule has 0 heterocycles. The van der Waals surface area contributed by atoms with E-state index in [9.17, 15) is 4.79 Å². The Morgan fingerprint density at radius 2 is 2.08 bits per heavy atom. The minimum atomic E-state index is 0.163. The van der Waals surface area contributed by atoms with Gasteiger partial charge in [0.25, 0.3) is 0 Å². The monoisotopic (exact) mass is 235 g/mol.